The van der Waals surface area contributed by atoms with Gasteiger partial charge in [-0.2, -0.15) is 0 Å². The lowest BCUT2D eigenvalue weighted by atomic mass is 10.1. The largest absolute Gasteiger partial charge is 0.305 e. The van der Waals surface area contributed by atoms with Crippen LogP contribution in [0, 0.1) is 0 Å². The Bertz CT molecular complexity index is 607. The molecule has 1 aromatic carbocycles. The van der Waals surface area contributed by atoms with Crippen LogP contribution < -0.4 is 5.32 Å². The van der Waals surface area contributed by atoms with Gasteiger partial charge in [-0.3, -0.25) is 0 Å². The SMILES string of the molecule is CCCNC(c1cccs1)c1cc2ccccc2s1. The second kappa shape index (κ2) is 5.87. The van der Waals surface area contributed by atoms with Gasteiger partial charge in [-0.25, -0.2) is 0 Å². The topological polar surface area (TPSA) is 12.0 Å². The van der Waals surface area contributed by atoms with Crippen LogP contribution in [-0.2, 0) is 0 Å². The van der Waals surface area contributed by atoms with Gasteiger partial charge in [0, 0.05) is 14.5 Å². The summed E-state index contributed by atoms with van der Waals surface area (Å²) in [7, 11) is 0. The Morgan fingerprint density at radius 2 is 2.00 bits per heavy atom. The molecule has 0 fully saturated rings. The Morgan fingerprint density at radius 1 is 1.11 bits per heavy atom. The average Bonchev–Trinajstić information content (AvgIpc) is 3.08. The van der Waals surface area contributed by atoms with Crippen LogP contribution in [-0.4, -0.2) is 6.54 Å². The number of fused-ring (bicyclic) bond motifs is 1. The number of benzene rings is 1. The van der Waals surface area contributed by atoms with Crippen LogP contribution in [0.25, 0.3) is 10.1 Å². The van der Waals surface area contributed by atoms with Crippen LogP contribution in [0.5, 0.6) is 0 Å². The third-order valence-corrected chi connectivity index (χ3v) is 5.27. The molecule has 0 saturated carbocycles. The van der Waals surface area contributed by atoms with Crippen molar-refractivity contribution in [2.24, 2.45) is 0 Å². The molecule has 1 unspecified atom stereocenters. The minimum absolute atomic E-state index is 0.345. The summed E-state index contributed by atoms with van der Waals surface area (Å²) in [4.78, 5) is 2.82. The fourth-order valence-electron chi connectivity index (χ4n) is 2.23. The van der Waals surface area contributed by atoms with Gasteiger partial charge in [0.25, 0.3) is 0 Å². The highest BCUT2D eigenvalue weighted by atomic mass is 32.1. The molecule has 0 bridgehead atoms. The lowest BCUT2D eigenvalue weighted by molar-refractivity contribution is 0.613. The molecule has 0 aliphatic rings. The summed E-state index contributed by atoms with van der Waals surface area (Å²) < 4.78 is 1.37. The van der Waals surface area contributed by atoms with Crippen LogP contribution in [0.3, 0.4) is 0 Å². The molecule has 0 saturated heterocycles. The first kappa shape index (κ1) is 12.9. The van der Waals surface area contributed by atoms with E-state index in [0.717, 1.165) is 13.0 Å². The zero-order valence-electron chi connectivity index (χ0n) is 10.9. The van der Waals surface area contributed by atoms with E-state index in [2.05, 4.69) is 60.1 Å². The number of thiophene rings is 2. The maximum atomic E-state index is 3.67. The van der Waals surface area contributed by atoms with Crippen molar-refractivity contribution in [3.8, 4) is 0 Å². The summed E-state index contributed by atoms with van der Waals surface area (Å²) in [5.41, 5.74) is 0. The van der Waals surface area contributed by atoms with E-state index in [1.807, 2.05) is 22.7 Å². The molecule has 98 valence electrons. The summed E-state index contributed by atoms with van der Waals surface area (Å²) in [5, 5.41) is 7.18. The van der Waals surface area contributed by atoms with Crippen molar-refractivity contribution in [3.05, 3.63) is 57.6 Å². The van der Waals surface area contributed by atoms with Gasteiger partial charge in [0.1, 0.15) is 0 Å². The quantitative estimate of drug-likeness (QED) is 0.692. The zero-order valence-corrected chi connectivity index (χ0v) is 12.6. The molecule has 3 heteroatoms. The molecule has 0 aliphatic carbocycles. The van der Waals surface area contributed by atoms with Crippen molar-refractivity contribution in [2.45, 2.75) is 19.4 Å². The van der Waals surface area contributed by atoms with Crippen molar-refractivity contribution in [1.29, 1.82) is 0 Å². The fourth-order valence-corrected chi connectivity index (χ4v) is 4.28. The van der Waals surface area contributed by atoms with Gasteiger partial charge in [0.05, 0.1) is 6.04 Å². The highest BCUT2D eigenvalue weighted by Gasteiger charge is 2.16. The molecule has 3 rings (SSSR count). The van der Waals surface area contributed by atoms with E-state index in [9.17, 15) is 0 Å². The lowest BCUT2D eigenvalue weighted by Crippen LogP contribution is -2.21. The summed E-state index contributed by atoms with van der Waals surface area (Å²) in [6.07, 6.45) is 1.16. The summed E-state index contributed by atoms with van der Waals surface area (Å²) in [5.74, 6) is 0. The van der Waals surface area contributed by atoms with Gasteiger partial charge in [-0.1, -0.05) is 31.2 Å². The molecule has 3 aromatic rings. The van der Waals surface area contributed by atoms with Gasteiger partial charge in [0.15, 0.2) is 0 Å². The molecule has 0 radical (unpaired) electrons. The first-order valence-corrected chi connectivity index (χ1v) is 8.33. The number of hydrogen-bond donors (Lipinski definition) is 1. The van der Waals surface area contributed by atoms with Crippen LogP contribution >= 0.6 is 22.7 Å². The van der Waals surface area contributed by atoms with E-state index in [4.69, 9.17) is 0 Å². The monoisotopic (exact) mass is 287 g/mol. The molecule has 1 atom stereocenters. The number of nitrogens with one attached hydrogen (secondary N) is 1. The van der Waals surface area contributed by atoms with Crippen molar-refractivity contribution in [1.82, 2.24) is 5.32 Å². The lowest BCUT2D eigenvalue weighted by Gasteiger charge is -2.15. The van der Waals surface area contributed by atoms with E-state index >= 15 is 0 Å². The Labute approximate surface area is 121 Å². The Balaban J connectivity index is 1.98. The standard InChI is InChI=1S/C16H17NS2/c1-2-9-17-16(14-8-5-10-18-14)15-11-12-6-3-4-7-13(12)19-15/h3-8,10-11,16-17H,2,9H2,1H3. The van der Waals surface area contributed by atoms with E-state index in [1.165, 1.54) is 19.8 Å². The third kappa shape index (κ3) is 2.73. The van der Waals surface area contributed by atoms with Crippen LogP contribution in [0.1, 0.15) is 29.1 Å². The van der Waals surface area contributed by atoms with Crippen molar-refractivity contribution in [2.75, 3.05) is 6.54 Å². The molecule has 0 spiro atoms. The fraction of sp³-hybridized carbons (Fsp3) is 0.250. The van der Waals surface area contributed by atoms with Gasteiger partial charge in [0.2, 0.25) is 0 Å². The summed E-state index contributed by atoms with van der Waals surface area (Å²) in [6.45, 7) is 3.26. The number of rotatable bonds is 5. The van der Waals surface area contributed by atoms with Crippen LogP contribution in [0.4, 0.5) is 0 Å². The average molecular weight is 287 g/mol. The molecule has 0 amide bonds. The molecule has 0 aliphatic heterocycles. The predicted molar refractivity (Wildman–Crippen MR) is 86.3 cm³/mol. The van der Waals surface area contributed by atoms with E-state index in [-0.39, 0.29) is 0 Å². The molecular formula is C16H17NS2. The van der Waals surface area contributed by atoms with Crippen molar-refractivity contribution >= 4 is 32.8 Å². The normalized spacial score (nSPS) is 12.9. The molecule has 19 heavy (non-hydrogen) atoms. The molecule has 1 nitrogen and oxygen atoms in total. The van der Waals surface area contributed by atoms with Gasteiger partial charge in [-0.15, -0.1) is 22.7 Å². The first-order valence-electron chi connectivity index (χ1n) is 6.63. The predicted octanol–water partition coefficient (Wildman–Crippen LogP) is 5.05. The second-order valence-electron chi connectivity index (χ2n) is 4.59. The zero-order chi connectivity index (χ0) is 13.1. The summed E-state index contributed by atoms with van der Waals surface area (Å²) >= 11 is 3.73. The minimum atomic E-state index is 0.345. The highest BCUT2D eigenvalue weighted by molar-refractivity contribution is 7.19. The van der Waals surface area contributed by atoms with E-state index < -0.39 is 0 Å². The maximum absolute atomic E-state index is 3.67. The first-order chi connectivity index (χ1) is 9.38. The van der Waals surface area contributed by atoms with Crippen molar-refractivity contribution < 1.29 is 0 Å². The maximum Gasteiger partial charge on any atom is 0.0765 e. The molecule has 1 N–H and O–H groups in total. The van der Waals surface area contributed by atoms with E-state index in [1.54, 1.807) is 0 Å². The molecule has 2 heterocycles. The number of hydrogen-bond acceptors (Lipinski definition) is 3. The van der Waals surface area contributed by atoms with Crippen molar-refractivity contribution in [3.63, 3.8) is 0 Å². The van der Waals surface area contributed by atoms with Crippen LogP contribution in [0.15, 0.2) is 47.8 Å². The Kier molecular flexibility index (Phi) is 3.97. The highest BCUT2D eigenvalue weighted by Crippen LogP contribution is 2.34. The summed E-state index contributed by atoms with van der Waals surface area (Å²) in [6, 6.07) is 15.6. The van der Waals surface area contributed by atoms with E-state index in [0.29, 0.717) is 6.04 Å². The Morgan fingerprint density at radius 3 is 2.74 bits per heavy atom. The third-order valence-electron chi connectivity index (χ3n) is 3.16. The second-order valence-corrected chi connectivity index (χ2v) is 6.68. The minimum Gasteiger partial charge on any atom is -0.305 e. The van der Waals surface area contributed by atoms with Gasteiger partial charge >= 0.3 is 0 Å². The molecule has 2 aromatic heterocycles. The van der Waals surface area contributed by atoms with Gasteiger partial charge < -0.3 is 5.32 Å². The Hall–Kier alpha value is -1.16. The smallest absolute Gasteiger partial charge is 0.0765 e. The molecular weight excluding hydrogens is 270 g/mol. The van der Waals surface area contributed by atoms with Crippen LogP contribution in [0.2, 0.25) is 0 Å². The van der Waals surface area contributed by atoms with Gasteiger partial charge in [-0.05, 0) is 41.9 Å².